The van der Waals surface area contributed by atoms with Crippen molar-refractivity contribution < 1.29 is 13.9 Å². The maximum atomic E-state index is 6.27. The van der Waals surface area contributed by atoms with Crippen molar-refractivity contribution in [1.29, 1.82) is 0 Å². The highest BCUT2D eigenvalue weighted by molar-refractivity contribution is 5.90. The van der Waals surface area contributed by atoms with Gasteiger partial charge in [-0.05, 0) is 43.7 Å². The van der Waals surface area contributed by atoms with Crippen LogP contribution in [0.2, 0.25) is 0 Å². The number of hydrogen-bond donors (Lipinski definition) is 0. The molecule has 0 radical (unpaired) electrons. The van der Waals surface area contributed by atoms with Crippen LogP contribution in [-0.4, -0.2) is 29.5 Å². The molecule has 3 aliphatic heterocycles. The SMILES string of the molecule is COc1cc(C2N=CC3=C2C2(C)C=CC3(C)O2)ccc1-c1ncco1. The summed E-state index contributed by atoms with van der Waals surface area (Å²) in [4.78, 5) is 8.99. The first-order valence-corrected chi connectivity index (χ1v) is 8.31. The second kappa shape index (κ2) is 4.70. The van der Waals surface area contributed by atoms with Gasteiger partial charge in [0.1, 0.15) is 23.2 Å². The summed E-state index contributed by atoms with van der Waals surface area (Å²) < 4.78 is 17.3. The van der Waals surface area contributed by atoms with Crippen LogP contribution in [0.15, 0.2) is 63.4 Å². The second-order valence-corrected chi connectivity index (χ2v) is 6.95. The Bertz CT molecular complexity index is 957. The van der Waals surface area contributed by atoms with Gasteiger partial charge >= 0.3 is 0 Å². The number of methoxy groups -OCH3 is 1. The zero-order valence-corrected chi connectivity index (χ0v) is 14.3. The van der Waals surface area contributed by atoms with Gasteiger partial charge in [-0.15, -0.1) is 0 Å². The molecule has 0 spiro atoms. The summed E-state index contributed by atoms with van der Waals surface area (Å²) in [7, 11) is 1.65. The number of oxazole rings is 1. The molecule has 0 saturated heterocycles. The molecule has 1 aromatic carbocycles. The Morgan fingerprint density at radius 3 is 2.76 bits per heavy atom. The van der Waals surface area contributed by atoms with E-state index in [1.54, 1.807) is 19.6 Å². The van der Waals surface area contributed by atoms with Gasteiger partial charge in [0, 0.05) is 17.4 Å². The molecule has 1 aromatic heterocycles. The van der Waals surface area contributed by atoms with Crippen LogP contribution in [0.3, 0.4) is 0 Å². The van der Waals surface area contributed by atoms with E-state index in [-0.39, 0.29) is 17.2 Å². The molecule has 4 heterocycles. The minimum absolute atomic E-state index is 0.0562. The number of nitrogens with zero attached hydrogens (tertiary/aromatic N) is 2. The number of fused-ring (bicyclic) bond motifs is 4. The van der Waals surface area contributed by atoms with Gasteiger partial charge in [-0.25, -0.2) is 4.98 Å². The van der Waals surface area contributed by atoms with E-state index in [4.69, 9.17) is 18.9 Å². The quantitative estimate of drug-likeness (QED) is 0.799. The third-order valence-corrected chi connectivity index (χ3v) is 5.33. The normalized spacial score (nSPS) is 31.9. The van der Waals surface area contributed by atoms with Crippen molar-refractivity contribution in [1.82, 2.24) is 4.98 Å². The number of benzene rings is 1. The van der Waals surface area contributed by atoms with Gasteiger partial charge in [0.15, 0.2) is 0 Å². The summed E-state index contributed by atoms with van der Waals surface area (Å²) in [5, 5.41) is 0. The van der Waals surface area contributed by atoms with Gasteiger partial charge in [0.2, 0.25) is 5.89 Å². The summed E-state index contributed by atoms with van der Waals surface area (Å²) in [6, 6.07) is 5.99. The Balaban J connectivity index is 1.59. The smallest absolute Gasteiger partial charge is 0.229 e. The monoisotopic (exact) mass is 334 g/mol. The molecule has 126 valence electrons. The van der Waals surface area contributed by atoms with Crippen LogP contribution in [-0.2, 0) is 4.74 Å². The highest BCUT2D eigenvalue weighted by Gasteiger charge is 2.55. The van der Waals surface area contributed by atoms with Crippen LogP contribution in [0.1, 0.15) is 25.5 Å². The maximum Gasteiger partial charge on any atom is 0.229 e. The van der Waals surface area contributed by atoms with E-state index in [9.17, 15) is 0 Å². The molecule has 25 heavy (non-hydrogen) atoms. The van der Waals surface area contributed by atoms with Crippen molar-refractivity contribution in [3.05, 3.63) is 59.5 Å². The van der Waals surface area contributed by atoms with Crippen molar-refractivity contribution >= 4 is 6.21 Å². The third kappa shape index (κ3) is 1.87. The number of rotatable bonds is 3. The topological polar surface area (TPSA) is 56.9 Å². The lowest BCUT2D eigenvalue weighted by atomic mass is 9.80. The second-order valence-electron chi connectivity index (χ2n) is 6.95. The molecule has 5 heteroatoms. The van der Waals surface area contributed by atoms with E-state index >= 15 is 0 Å². The van der Waals surface area contributed by atoms with E-state index < -0.39 is 0 Å². The van der Waals surface area contributed by atoms with E-state index in [0.29, 0.717) is 5.89 Å². The Morgan fingerprint density at radius 2 is 2.00 bits per heavy atom. The summed E-state index contributed by atoms with van der Waals surface area (Å²) in [5.41, 5.74) is 3.56. The number of ether oxygens (including phenoxy) is 2. The minimum atomic E-state index is -0.389. The van der Waals surface area contributed by atoms with Crippen LogP contribution in [0.25, 0.3) is 11.5 Å². The highest BCUT2D eigenvalue weighted by atomic mass is 16.5. The van der Waals surface area contributed by atoms with Crippen molar-refractivity contribution in [2.24, 2.45) is 4.99 Å². The Morgan fingerprint density at radius 1 is 1.16 bits per heavy atom. The molecule has 2 bridgehead atoms. The average Bonchev–Trinajstić information content (AvgIpc) is 3.35. The van der Waals surface area contributed by atoms with E-state index in [2.05, 4.69) is 37.0 Å². The fraction of sp³-hybridized carbons (Fsp3) is 0.300. The van der Waals surface area contributed by atoms with E-state index in [1.807, 2.05) is 18.3 Å². The molecular weight excluding hydrogens is 316 g/mol. The molecular formula is C20H18N2O3. The van der Waals surface area contributed by atoms with E-state index in [0.717, 1.165) is 16.9 Å². The van der Waals surface area contributed by atoms with Gasteiger partial charge in [0.05, 0.1) is 24.9 Å². The van der Waals surface area contributed by atoms with Crippen LogP contribution >= 0.6 is 0 Å². The van der Waals surface area contributed by atoms with Gasteiger partial charge in [-0.3, -0.25) is 4.99 Å². The number of aromatic nitrogens is 1. The lowest BCUT2D eigenvalue weighted by Gasteiger charge is -2.26. The molecule has 2 aromatic rings. The predicted octanol–water partition coefficient (Wildman–Crippen LogP) is 3.89. The van der Waals surface area contributed by atoms with E-state index in [1.165, 1.54) is 11.1 Å². The van der Waals surface area contributed by atoms with Crippen molar-refractivity contribution in [3.8, 4) is 17.2 Å². The standard InChI is InChI=1S/C20H18N2O3/c1-19-6-7-20(2,25-19)16-14(19)11-22-17(16)12-4-5-13(15(10-12)23-3)18-21-8-9-24-18/h4-11,17H,1-3H3. The molecule has 3 aliphatic rings. The predicted molar refractivity (Wildman–Crippen MR) is 93.8 cm³/mol. The zero-order chi connectivity index (χ0) is 17.2. The minimum Gasteiger partial charge on any atom is -0.496 e. The summed E-state index contributed by atoms with van der Waals surface area (Å²) in [6.07, 6.45) is 9.42. The first-order valence-electron chi connectivity index (χ1n) is 8.31. The summed E-state index contributed by atoms with van der Waals surface area (Å²) in [5.74, 6) is 1.27. The van der Waals surface area contributed by atoms with Gasteiger partial charge in [-0.2, -0.15) is 0 Å². The Kier molecular flexibility index (Phi) is 2.76. The third-order valence-electron chi connectivity index (χ3n) is 5.33. The van der Waals surface area contributed by atoms with Crippen molar-refractivity contribution in [2.45, 2.75) is 31.1 Å². The van der Waals surface area contributed by atoms with Crippen molar-refractivity contribution in [3.63, 3.8) is 0 Å². The number of hydrogen-bond acceptors (Lipinski definition) is 5. The molecule has 0 amide bonds. The molecule has 3 unspecified atom stereocenters. The molecule has 0 N–H and O–H groups in total. The molecule has 3 atom stereocenters. The largest absolute Gasteiger partial charge is 0.496 e. The maximum absolute atomic E-state index is 6.27. The summed E-state index contributed by atoms with van der Waals surface area (Å²) in [6.45, 7) is 4.20. The number of aliphatic imine (C=N–C) groups is 1. The molecule has 5 nitrogen and oxygen atoms in total. The molecule has 0 saturated carbocycles. The Labute approximate surface area is 145 Å². The molecule has 5 rings (SSSR count). The lowest BCUT2D eigenvalue weighted by molar-refractivity contribution is -0.00293. The van der Waals surface area contributed by atoms with Crippen LogP contribution in [0.5, 0.6) is 5.75 Å². The van der Waals surface area contributed by atoms with Gasteiger partial charge in [-0.1, -0.05) is 6.07 Å². The van der Waals surface area contributed by atoms with Crippen LogP contribution in [0.4, 0.5) is 0 Å². The van der Waals surface area contributed by atoms with Crippen LogP contribution in [0, 0.1) is 0 Å². The van der Waals surface area contributed by atoms with Crippen molar-refractivity contribution in [2.75, 3.05) is 7.11 Å². The van der Waals surface area contributed by atoms with Gasteiger partial charge < -0.3 is 13.9 Å². The lowest BCUT2D eigenvalue weighted by Crippen LogP contribution is -2.27. The molecule has 0 fully saturated rings. The Hall–Kier alpha value is -2.66. The molecule has 0 aliphatic carbocycles. The highest BCUT2D eigenvalue weighted by Crippen LogP contribution is 2.56. The first kappa shape index (κ1) is 14.7. The average molecular weight is 334 g/mol. The summed E-state index contributed by atoms with van der Waals surface area (Å²) >= 11 is 0. The van der Waals surface area contributed by atoms with Gasteiger partial charge in [0.25, 0.3) is 0 Å². The first-order chi connectivity index (χ1) is 12.0. The fourth-order valence-corrected chi connectivity index (χ4v) is 4.15. The zero-order valence-electron chi connectivity index (χ0n) is 14.3. The van der Waals surface area contributed by atoms with Crippen LogP contribution < -0.4 is 4.74 Å². The fourth-order valence-electron chi connectivity index (χ4n) is 4.15.